The van der Waals surface area contributed by atoms with Gasteiger partial charge >= 0.3 is 0 Å². The van der Waals surface area contributed by atoms with Gasteiger partial charge in [-0.1, -0.05) is 71.9 Å². The Morgan fingerprint density at radius 3 is 1.45 bits per heavy atom. The van der Waals surface area contributed by atoms with Gasteiger partial charge in [0, 0.05) is 35.1 Å². The summed E-state index contributed by atoms with van der Waals surface area (Å²) in [7, 11) is 0. The van der Waals surface area contributed by atoms with Gasteiger partial charge < -0.3 is 19.6 Å². The Balaban J connectivity index is 1.26. The van der Waals surface area contributed by atoms with E-state index in [9.17, 15) is 0 Å². The largest absolute Gasteiger partial charge is 0.328 e. The summed E-state index contributed by atoms with van der Waals surface area (Å²) in [5.41, 5.74) is 13.0. The molecule has 0 saturated carbocycles. The summed E-state index contributed by atoms with van der Waals surface area (Å²) in [6.07, 6.45) is 4.37. The minimum atomic E-state index is 0.136. The first-order valence-electron chi connectivity index (χ1n) is 15.1. The van der Waals surface area contributed by atoms with E-state index in [-0.39, 0.29) is 10.8 Å². The van der Waals surface area contributed by atoms with Crippen molar-refractivity contribution in [1.29, 1.82) is 0 Å². The lowest BCUT2D eigenvalue weighted by atomic mass is 9.87. The van der Waals surface area contributed by atoms with Crippen molar-refractivity contribution < 1.29 is 0 Å². The van der Waals surface area contributed by atoms with Crippen molar-refractivity contribution in [3.05, 3.63) is 120 Å². The van der Waals surface area contributed by atoms with Gasteiger partial charge in [-0.2, -0.15) is 0 Å². The summed E-state index contributed by atoms with van der Waals surface area (Å²) >= 11 is 0. The van der Waals surface area contributed by atoms with Crippen LogP contribution in [0.3, 0.4) is 0 Å². The fourth-order valence-electron chi connectivity index (χ4n) is 5.84. The van der Waals surface area contributed by atoms with E-state index in [1.54, 1.807) is 0 Å². The highest BCUT2D eigenvalue weighted by Gasteiger charge is 2.30. The molecule has 6 rings (SSSR count). The van der Waals surface area contributed by atoms with Crippen molar-refractivity contribution >= 4 is 34.1 Å². The number of benzene rings is 4. The van der Waals surface area contributed by atoms with Gasteiger partial charge in [0.05, 0.1) is 18.0 Å². The van der Waals surface area contributed by atoms with Gasteiger partial charge in [0.2, 0.25) is 0 Å². The molecule has 4 aromatic rings. The Labute approximate surface area is 252 Å². The predicted molar refractivity (Wildman–Crippen MR) is 181 cm³/mol. The molecule has 0 unspecified atom stereocenters. The average Bonchev–Trinajstić information content (AvgIpc) is 3.59. The molecule has 0 radical (unpaired) electrons. The first kappa shape index (κ1) is 28.0. The second-order valence-electron chi connectivity index (χ2n) is 13.9. The average molecular weight is 557 g/mol. The van der Waals surface area contributed by atoms with Gasteiger partial charge in [0.25, 0.3) is 0 Å². The fourth-order valence-corrected chi connectivity index (χ4v) is 5.84. The number of hydrogen-bond acceptors (Lipinski definition) is 4. The number of anilines is 6. The Hall–Kier alpha value is -4.18. The van der Waals surface area contributed by atoms with Gasteiger partial charge in [-0.15, -0.1) is 0 Å². The van der Waals surface area contributed by atoms with Crippen molar-refractivity contribution in [3.8, 4) is 0 Å². The van der Waals surface area contributed by atoms with Crippen LogP contribution in [-0.2, 0) is 10.8 Å². The summed E-state index contributed by atoms with van der Waals surface area (Å²) in [5.74, 6) is 0. The van der Waals surface area contributed by atoms with E-state index in [1.165, 1.54) is 56.4 Å². The van der Waals surface area contributed by atoms with Crippen LogP contribution in [0, 0.1) is 13.8 Å². The van der Waals surface area contributed by atoms with Crippen LogP contribution in [-0.4, -0.2) is 13.3 Å². The summed E-state index contributed by atoms with van der Waals surface area (Å²) in [5, 5.41) is 0. The molecule has 2 aliphatic rings. The van der Waals surface area contributed by atoms with Crippen LogP contribution in [0.25, 0.3) is 0 Å². The number of fused-ring (bicyclic) bond motifs is 1. The van der Waals surface area contributed by atoms with Crippen molar-refractivity contribution in [2.45, 2.75) is 66.2 Å². The van der Waals surface area contributed by atoms with Crippen LogP contribution >= 0.6 is 0 Å². The zero-order chi connectivity index (χ0) is 29.8. The van der Waals surface area contributed by atoms with E-state index in [4.69, 9.17) is 0 Å². The van der Waals surface area contributed by atoms with Crippen molar-refractivity contribution in [2.75, 3.05) is 32.9 Å². The molecule has 0 fully saturated rings. The molecule has 42 heavy (non-hydrogen) atoms. The van der Waals surface area contributed by atoms with E-state index in [1.807, 2.05) is 0 Å². The molecule has 0 amide bonds. The number of aryl methyl sites for hydroxylation is 2. The molecule has 0 saturated heterocycles. The lowest BCUT2D eigenvalue weighted by molar-refractivity contribution is 0.590. The molecule has 0 N–H and O–H groups in total. The normalized spacial score (nSPS) is 15.1. The molecule has 4 nitrogen and oxygen atoms in total. The highest BCUT2D eigenvalue weighted by molar-refractivity contribution is 5.88. The lowest BCUT2D eigenvalue weighted by Crippen LogP contribution is -2.26. The first-order valence-corrected chi connectivity index (χ1v) is 15.1. The van der Waals surface area contributed by atoms with Crippen LogP contribution in [0.15, 0.2) is 97.3 Å². The summed E-state index contributed by atoms with van der Waals surface area (Å²) in [6.45, 7) is 19.6. The second kappa shape index (κ2) is 10.3. The quantitative estimate of drug-likeness (QED) is 0.248. The zero-order valence-electron chi connectivity index (χ0n) is 26.4. The number of rotatable bonds is 4. The molecule has 2 aliphatic heterocycles. The lowest BCUT2D eigenvalue weighted by Gasteiger charge is -2.26. The first-order chi connectivity index (χ1) is 19.9. The highest BCUT2D eigenvalue weighted by atomic mass is 15.4. The third kappa shape index (κ3) is 5.27. The van der Waals surface area contributed by atoms with E-state index in [0.29, 0.717) is 0 Å². The molecule has 0 atom stereocenters. The number of nitrogens with zero attached hydrogens (tertiary/aromatic N) is 4. The van der Waals surface area contributed by atoms with Gasteiger partial charge in [-0.25, -0.2) is 0 Å². The maximum Gasteiger partial charge on any atom is 0.100 e. The molecule has 4 aromatic carbocycles. The zero-order valence-corrected chi connectivity index (χ0v) is 26.4. The molecule has 0 aromatic heterocycles. The highest BCUT2D eigenvalue weighted by Crippen LogP contribution is 2.46. The SMILES string of the molecule is Cc1cc2c(cc1C)N(c1cccc(N3C=CN(c4ccc(C(C)(C)C)cc4)C3)c1)CN2c1ccc(C(C)(C)C)cc1. The maximum absolute atomic E-state index is 2.45. The minimum absolute atomic E-state index is 0.136. The summed E-state index contributed by atoms with van der Waals surface area (Å²) < 4.78 is 0. The molecule has 2 heterocycles. The smallest absolute Gasteiger partial charge is 0.100 e. The minimum Gasteiger partial charge on any atom is -0.328 e. The second-order valence-corrected chi connectivity index (χ2v) is 13.9. The van der Waals surface area contributed by atoms with Crippen LogP contribution in [0.5, 0.6) is 0 Å². The van der Waals surface area contributed by atoms with Crippen LogP contribution in [0.2, 0.25) is 0 Å². The van der Waals surface area contributed by atoms with Gasteiger partial charge in [0.15, 0.2) is 0 Å². The van der Waals surface area contributed by atoms with Gasteiger partial charge in [0.1, 0.15) is 6.67 Å². The Morgan fingerprint density at radius 2 is 0.929 bits per heavy atom. The predicted octanol–water partition coefficient (Wildman–Crippen LogP) is 9.90. The van der Waals surface area contributed by atoms with Gasteiger partial charge in [-0.3, -0.25) is 0 Å². The van der Waals surface area contributed by atoms with Crippen molar-refractivity contribution in [2.24, 2.45) is 0 Å². The summed E-state index contributed by atoms with van der Waals surface area (Å²) in [6, 6.07) is 31.7. The Morgan fingerprint density at radius 1 is 0.476 bits per heavy atom. The van der Waals surface area contributed by atoms with E-state index < -0.39 is 0 Å². The summed E-state index contributed by atoms with van der Waals surface area (Å²) in [4.78, 5) is 9.52. The number of hydrogen-bond donors (Lipinski definition) is 0. The Kier molecular flexibility index (Phi) is 6.84. The standard InChI is InChI=1S/C38H44N4/c1-27-22-35-36(23-28(27)2)42(26-41(35)32-18-14-30(15-19-32)38(6,7)8)34-11-9-10-33(24-34)40-21-20-39(25-40)31-16-12-29(13-17-31)37(3,4)5/h9-24H,25-26H2,1-8H3. The van der Waals surface area contributed by atoms with Crippen molar-refractivity contribution in [3.63, 3.8) is 0 Å². The molecular formula is C38H44N4. The maximum atomic E-state index is 2.45. The van der Waals surface area contributed by atoms with Crippen LogP contribution in [0.1, 0.15) is 63.8 Å². The molecule has 0 bridgehead atoms. The van der Waals surface area contributed by atoms with E-state index in [2.05, 4.69) is 172 Å². The van der Waals surface area contributed by atoms with Crippen LogP contribution < -0.4 is 19.6 Å². The molecule has 4 heteroatoms. The monoisotopic (exact) mass is 556 g/mol. The van der Waals surface area contributed by atoms with Crippen molar-refractivity contribution in [1.82, 2.24) is 0 Å². The topological polar surface area (TPSA) is 13.0 Å². The van der Waals surface area contributed by atoms with E-state index in [0.717, 1.165) is 13.3 Å². The Bertz CT molecular complexity index is 1620. The molecule has 216 valence electrons. The molecule has 0 spiro atoms. The molecule has 0 aliphatic carbocycles. The molecular weight excluding hydrogens is 512 g/mol. The third-order valence-corrected chi connectivity index (χ3v) is 8.77. The van der Waals surface area contributed by atoms with E-state index >= 15 is 0 Å². The third-order valence-electron chi connectivity index (χ3n) is 8.77. The fraction of sp³-hybridized carbons (Fsp3) is 0.316. The van der Waals surface area contributed by atoms with Crippen LogP contribution in [0.4, 0.5) is 34.1 Å². The van der Waals surface area contributed by atoms with Gasteiger partial charge in [-0.05, 0) is 102 Å².